The lowest BCUT2D eigenvalue weighted by Crippen LogP contribution is -2.49. The number of hydrogen-bond donors (Lipinski definition) is 3. The number of para-hydroxylation sites is 2. The molecule has 1 fully saturated rings. The maximum Gasteiger partial charge on any atom is 0.293 e. The van der Waals surface area contributed by atoms with Crippen LogP contribution in [0.2, 0.25) is 0 Å². The Morgan fingerprint density at radius 3 is 2.49 bits per heavy atom. The summed E-state index contributed by atoms with van der Waals surface area (Å²) in [4.78, 5) is 40.1. The Kier molecular flexibility index (Phi) is 6.96. The maximum absolute atomic E-state index is 13.3. The number of anilines is 3. The predicted octanol–water partition coefficient (Wildman–Crippen LogP) is 3.54. The normalized spacial score (nSPS) is 15.9. The van der Waals surface area contributed by atoms with Gasteiger partial charge in [-0.2, -0.15) is 0 Å². The van der Waals surface area contributed by atoms with Gasteiger partial charge >= 0.3 is 0 Å². The highest BCUT2D eigenvalue weighted by atomic mass is 79.9. The number of nitrogens with one attached hydrogen (secondary N) is 2. The third-order valence-corrected chi connectivity index (χ3v) is 6.74. The van der Waals surface area contributed by atoms with Gasteiger partial charge in [-0.1, -0.05) is 40.2 Å². The van der Waals surface area contributed by atoms with E-state index in [4.69, 9.17) is 15.2 Å². The smallest absolute Gasteiger partial charge is 0.293 e. The van der Waals surface area contributed by atoms with Gasteiger partial charge in [0.25, 0.3) is 17.6 Å². The Hall–Kier alpha value is -3.73. The van der Waals surface area contributed by atoms with E-state index >= 15 is 0 Å². The lowest BCUT2D eigenvalue weighted by molar-refractivity contribution is -0.256. The van der Waals surface area contributed by atoms with Crippen molar-refractivity contribution in [1.82, 2.24) is 5.32 Å². The number of nitrogen functional groups attached to an aromatic ring is 1. The molecule has 0 bridgehead atoms. The largest absolute Gasteiger partial charge is 0.397 e. The molecule has 9 nitrogen and oxygen atoms in total. The third-order valence-electron chi connectivity index (χ3n) is 6.25. The van der Waals surface area contributed by atoms with Crippen molar-refractivity contribution in [3.63, 3.8) is 0 Å². The summed E-state index contributed by atoms with van der Waals surface area (Å²) in [7, 11) is 0. The minimum Gasteiger partial charge on any atom is -0.397 e. The van der Waals surface area contributed by atoms with Gasteiger partial charge in [-0.15, -0.1) is 0 Å². The summed E-state index contributed by atoms with van der Waals surface area (Å²) in [5, 5.41) is 5.62. The van der Waals surface area contributed by atoms with E-state index in [1.165, 1.54) is 4.90 Å². The van der Waals surface area contributed by atoms with E-state index in [1.807, 2.05) is 6.07 Å². The van der Waals surface area contributed by atoms with Crippen molar-refractivity contribution in [2.45, 2.75) is 18.8 Å². The lowest BCUT2D eigenvalue weighted by atomic mass is 10.1. The van der Waals surface area contributed by atoms with Crippen molar-refractivity contribution in [2.24, 2.45) is 0 Å². The molecule has 2 aliphatic rings. The Morgan fingerprint density at radius 2 is 1.76 bits per heavy atom. The second-order valence-corrected chi connectivity index (χ2v) is 9.65. The van der Waals surface area contributed by atoms with Gasteiger partial charge in [-0.05, 0) is 54.4 Å². The number of hydrogen-bond acceptors (Lipinski definition) is 6. The third kappa shape index (κ3) is 4.95. The van der Waals surface area contributed by atoms with Crippen molar-refractivity contribution in [1.29, 1.82) is 0 Å². The fourth-order valence-electron chi connectivity index (χ4n) is 4.36. The van der Waals surface area contributed by atoms with E-state index in [2.05, 4.69) is 26.6 Å². The second kappa shape index (κ2) is 10.3. The molecule has 0 aliphatic carbocycles. The summed E-state index contributed by atoms with van der Waals surface area (Å²) in [6.07, 6.45) is 0.694. The quantitative estimate of drug-likeness (QED) is 0.393. The molecule has 37 heavy (non-hydrogen) atoms. The predicted molar refractivity (Wildman–Crippen MR) is 142 cm³/mol. The Morgan fingerprint density at radius 1 is 1.03 bits per heavy atom. The van der Waals surface area contributed by atoms with Crippen LogP contribution in [-0.4, -0.2) is 37.5 Å². The van der Waals surface area contributed by atoms with Crippen LogP contribution in [0.3, 0.4) is 0 Å². The number of ether oxygens (including phenoxy) is 2. The molecule has 3 aromatic carbocycles. The highest BCUT2D eigenvalue weighted by Gasteiger charge is 2.55. The van der Waals surface area contributed by atoms with Crippen molar-refractivity contribution in [2.75, 3.05) is 35.7 Å². The first-order valence-corrected chi connectivity index (χ1v) is 12.6. The number of fused-ring (bicyclic) bond motifs is 2. The summed E-state index contributed by atoms with van der Waals surface area (Å²) >= 11 is 3.44. The number of carbonyl (C=O) groups excluding carboxylic acids is 3. The monoisotopic (exact) mass is 564 g/mol. The van der Waals surface area contributed by atoms with Gasteiger partial charge in [0.05, 0.1) is 30.3 Å². The molecular formula is C27H25BrN4O5. The summed E-state index contributed by atoms with van der Waals surface area (Å²) in [5.74, 6) is -2.55. The fraction of sp³-hybridized carbons (Fsp3) is 0.222. The van der Waals surface area contributed by atoms with Crippen LogP contribution < -0.4 is 21.3 Å². The molecular weight excluding hydrogens is 540 g/mol. The first kappa shape index (κ1) is 24.9. The van der Waals surface area contributed by atoms with Gasteiger partial charge in [0.15, 0.2) is 0 Å². The molecule has 4 N–H and O–H groups in total. The van der Waals surface area contributed by atoms with E-state index in [1.54, 1.807) is 60.7 Å². The zero-order chi connectivity index (χ0) is 26.0. The van der Waals surface area contributed by atoms with Crippen molar-refractivity contribution < 1.29 is 23.9 Å². The molecule has 0 unspecified atom stereocenters. The van der Waals surface area contributed by atoms with E-state index in [0.29, 0.717) is 47.8 Å². The topological polar surface area (TPSA) is 123 Å². The molecule has 2 heterocycles. The SMILES string of the molecule is Nc1ccccc1NC(=O)c1ccc(CNC(=O)CN2C(=O)C3(OCCCO3)c3cc(Br)ccc32)cc1. The summed E-state index contributed by atoms with van der Waals surface area (Å²) < 4.78 is 12.4. The average Bonchev–Trinajstić information content (AvgIpc) is 3.11. The molecule has 1 spiro atoms. The molecule has 0 atom stereocenters. The van der Waals surface area contributed by atoms with Crippen LogP contribution in [-0.2, 0) is 31.4 Å². The van der Waals surface area contributed by atoms with Crippen molar-refractivity contribution in [3.8, 4) is 0 Å². The molecule has 190 valence electrons. The van der Waals surface area contributed by atoms with Gasteiger partial charge in [0.2, 0.25) is 5.91 Å². The molecule has 0 aromatic heterocycles. The first-order chi connectivity index (χ1) is 17.9. The zero-order valence-corrected chi connectivity index (χ0v) is 21.4. The van der Waals surface area contributed by atoms with Gasteiger partial charge in [-0.3, -0.25) is 19.3 Å². The lowest BCUT2D eigenvalue weighted by Gasteiger charge is -2.32. The van der Waals surface area contributed by atoms with Crippen LogP contribution in [0.25, 0.3) is 0 Å². The van der Waals surface area contributed by atoms with Gasteiger partial charge in [-0.25, -0.2) is 0 Å². The molecule has 10 heteroatoms. The Labute approximate surface area is 222 Å². The number of benzene rings is 3. The van der Waals surface area contributed by atoms with E-state index in [0.717, 1.165) is 10.0 Å². The van der Waals surface area contributed by atoms with E-state index in [-0.39, 0.29) is 24.9 Å². The van der Waals surface area contributed by atoms with Crippen LogP contribution in [0, 0.1) is 0 Å². The van der Waals surface area contributed by atoms with Crippen LogP contribution >= 0.6 is 15.9 Å². The van der Waals surface area contributed by atoms with Crippen molar-refractivity contribution >= 4 is 50.7 Å². The molecule has 0 radical (unpaired) electrons. The van der Waals surface area contributed by atoms with Gasteiger partial charge in [0.1, 0.15) is 6.54 Å². The minimum absolute atomic E-state index is 0.180. The molecule has 2 aliphatic heterocycles. The molecule has 3 aromatic rings. The van der Waals surface area contributed by atoms with E-state index in [9.17, 15) is 14.4 Å². The van der Waals surface area contributed by atoms with Crippen LogP contribution in [0.15, 0.2) is 71.2 Å². The standard InChI is InChI=1S/C27H25BrN4O5/c28-19-10-11-23-20(14-19)27(36-12-3-13-37-27)26(35)32(23)16-24(33)30-15-17-6-8-18(9-7-17)25(34)31-22-5-2-1-4-21(22)29/h1-2,4-11,14H,3,12-13,15-16,29H2,(H,30,33)(H,31,34). The Balaban J connectivity index is 1.21. The van der Waals surface area contributed by atoms with E-state index < -0.39 is 11.7 Å². The molecule has 1 saturated heterocycles. The van der Waals surface area contributed by atoms with Crippen LogP contribution in [0.5, 0.6) is 0 Å². The summed E-state index contributed by atoms with van der Waals surface area (Å²) in [6.45, 7) is 0.843. The number of rotatable bonds is 6. The average molecular weight is 565 g/mol. The molecule has 0 saturated carbocycles. The number of amides is 3. The highest BCUT2D eigenvalue weighted by Crippen LogP contribution is 2.46. The Bertz CT molecular complexity index is 1360. The number of nitrogens with two attached hydrogens (primary N) is 1. The summed E-state index contributed by atoms with van der Waals surface area (Å²) in [6, 6.07) is 19.3. The molecule has 3 amide bonds. The van der Waals surface area contributed by atoms with Crippen LogP contribution in [0.4, 0.5) is 17.1 Å². The maximum atomic E-state index is 13.3. The zero-order valence-electron chi connectivity index (χ0n) is 19.8. The number of nitrogens with zero attached hydrogens (tertiary/aromatic N) is 1. The van der Waals surface area contributed by atoms with Crippen molar-refractivity contribution in [3.05, 3.63) is 87.9 Å². The number of carbonyl (C=O) groups is 3. The second-order valence-electron chi connectivity index (χ2n) is 8.73. The minimum atomic E-state index is -1.52. The number of halogens is 1. The highest BCUT2D eigenvalue weighted by molar-refractivity contribution is 9.10. The fourth-order valence-corrected chi connectivity index (χ4v) is 4.72. The van der Waals surface area contributed by atoms with Crippen LogP contribution in [0.1, 0.15) is 27.9 Å². The molecule has 5 rings (SSSR count). The van der Waals surface area contributed by atoms with Gasteiger partial charge in [0, 0.05) is 22.1 Å². The van der Waals surface area contributed by atoms with Gasteiger partial charge < -0.3 is 25.8 Å². The summed E-state index contributed by atoms with van der Waals surface area (Å²) in [5.41, 5.74) is 9.34. The first-order valence-electron chi connectivity index (χ1n) is 11.8.